The quantitative estimate of drug-likeness (QED) is 0.353. The van der Waals surface area contributed by atoms with Gasteiger partial charge in [0.1, 0.15) is 13.2 Å². The summed E-state index contributed by atoms with van der Waals surface area (Å²) in [6, 6.07) is 23.3. The SMILES string of the molecule is CN1CCN(c2ccc(-c3cc(-c4ccc(NC(=O)Nc5ccc6c(c5)OCCO6)cc4)n[nH]3)cc2)CC1. The van der Waals surface area contributed by atoms with E-state index in [0.717, 1.165) is 48.7 Å². The maximum absolute atomic E-state index is 12.5. The summed E-state index contributed by atoms with van der Waals surface area (Å²) in [5, 5.41) is 13.3. The molecule has 2 aliphatic heterocycles. The van der Waals surface area contributed by atoms with Crippen LogP contribution in [0.25, 0.3) is 22.5 Å². The molecule has 9 nitrogen and oxygen atoms in total. The Balaban J connectivity index is 1.07. The van der Waals surface area contributed by atoms with Crippen LogP contribution in [0.2, 0.25) is 0 Å². The number of nitrogens with one attached hydrogen (secondary N) is 3. The van der Waals surface area contributed by atoms with E-state index in [1.54, 1.807) is 18.2 Å². The molecule has 3 heterocycles. The maximum atomic E-state index is 12.5. The van der Waals surface area contributed by atoms with E-state index in [9.17, 15) is 4.79 Å². The van der Waals surface area contributed by atoms with Gasteiger partial charge in [0.25, 0.3) is 0 Å². The Kier molecular flexibility index (Phi) is 6.58. The molecule has 2 aliphatic rings. The zero-order chi connectivity index (χ0) is 25.9. The Hall–Kier alpha value is -4.50. The van der Waals surface area contributed by atoms with Crippen LogP contribution >= 0.6 is 0 Å². The summed E-state index contributed by atoms with van der Waals surface area (Å²) < 4.78 is 11.1. The van der Waals surface area contributed by atoms with E-state index in [2.05, 4.69) is 61.9 Å². The summed E-state index contributed by atoms with van der Waals surface area (Å²) >= 11 is 0. The number of H-pyrrole nitrogens is 1. The van der Waals surface area contributed by atoms with Crippen molar-refractivity contribution in [2.75, 3.05) is 62.0 Å². The van der Waals surface area contributed by atoms with E-state index in [1.165, 1.54) is 5.69 Å². The van der Waals surface area contributed by atoms with E-state index in [-0.39, 0.29) is 6.03 Å². The number of aromatic nitrogens is 2. The van der Waals surface area contributed by atoms with E-state index in [4.69, 9.17) is 9.47 Å². The predicted octanol–water partition coefficient (Wildman–Crippen LogP) is 4.91. The minimum absolute atomic E-state index is 0.337. The fourth-order valence-corrected chi connectivity index (χ4v) is 4.67. The van der Waals surface area contributed by atoms with Crippen LogP contribution in [-0.2, 0) is 0 Å². The molecule has 0 radical (unpaired) electrons. The number of likely N-dealkylation sites (N-methyl/N-ethyl adjacent to an activating group) is 1. The minimum Gasteiger partial charge on any atom is -0.486 e. The van der Waals surface area contributed by atoms with Crippen molar-refractivity contribution >= 4 is 23.1 Å². The van der Waals surface area contributed by atoms with Crippen LogP contribution in [0.4, 0.5) is 21.9 Å². The van der Waals surface area contributed by atoms with Crippen molar-refractivity contribution in [1.29, 1.82) is 0 Å². The Bertz CT molecular complexity index is 1410. The zero-order valence-corrected chi connectivity index (χ0v) is 21.2. The van der Waals surface area contributed by atoms with Crippen molar-refractivity contribution in [2.45, 2.75) is 0 Å². The molecule has 0 bridgehead atoms. The van der Waals surface area contributed by atoms with Crippen LogP contribution in [0.5, 0.6) is 11.5 Å². The highest BCUT2D eigenvalue weighted by atomic mass is 16.6. The molecule has 3 aromatic carbocycles. The number of hydrogen-bond acceptors (Lipinski definition) is 6. The molecule has 0 unspecified atom stereocenters. The topological polar surface area (TPSA) is 94.8 Å². The second kappa shape index (κ2) is 10.5. The monoisotopic (exact) mass is 510 g/mol. The third-order valence-corrected chi connectivity index (χ3v) is 6.86. The van der Waals surface area contributed by atoms with Crippen LogP contribution in [0, 0.1) is 0 Å². The molecule has 3 N–H and O–H groups in total. The number of carbonyl (C=O) groups excluding carboxylic acids is 1. The highest BCUT2D eigenvalue weighted by Crippen LogP contribution is 2.33. The molecule has 0 aliphatic carbocycles. The van der Waals surface area contributed by atoms with Crippen LogP contribution in [-0.4, -0.2) is 67.6 Å². The number of amides is 2. The van der Waals surface area contributed by atoms with Gasteiger partial charge in [0.2, 0.25) is 0 Å². The summed E-state index contributed by atoms with van der Waals surface area (Å²) in [4.78, 5) is 17.3. The summed E-state index contributed by atoms with van der Waals surface area (Å²) in [6.07, 6.45) is 0. The number of nitrogens with zero attached hydrogens (tertiary/aromatic N) is 3. The number of fused-ring (bicyclic) bond motifs is 1. The van der Waals surface area contributed by atoms with Gasteiger partial charge < -0.3 is 29.9 Å². The average molecular weight is 511 g/mol. The largest absolute Gasteiger partial charge is 0.486 e. The standard InChI is InChI=1S/C29H30N6O3/c1-34-12-14-35(15-13-34)24-9-4-21(5-10-24)26-19-25(32-33-26)20-2-6-22(7-3-20)30-29(36)31-23-8-11-27-28(18-23)38-17-16-37-27/h2-11,18-19H,12-17H2,1H3,(H,32,33)(H2,30,31,36). The van der Waals surface area contributed by atoms with Gasteiger partial charge in [0.15, 0.2) is 11.5 Å². The fourth-order valence-electron chi connectivity index (χ4n) is 4.67. The van der Waals surface area contributed by atoms with Gasteiger partial charge in [-0.1, -0.05) is 24.3 Å². The number of piperazine rings is 1. The maximum Gasteiger partial charge on any atom is 0.323 e. The Morgan fingerprint density at radius 1 is 0.789 bits per heavy atom. The number of carbonyl (C=O) groups is 1. The van der Waals surface area contributed by atoms with Crippen molar-refractivity contribution in [2.24, 2.45) is 0 Å². The number of anilines is 3. The van der Waals surface area contributed by atoms with Crippen LogP contribution in [0.1, 0.15) is 0 Å². The molecular formula is C29H30N6O3. The number of ether oxygens (including phenoxy) is 2. The number of benzene rings is 3. The van der Waals surface area contributed by atoms with Gasteiger partial charge in [-0.05, 0) is 55.1 Å². The van der Waals surface area contributed by atoms with Gasteiger partial charge in [-0.15, -0.1) is 0 Å². The fraction of sp³-hybridized carbons (Fsp3) is 0.241. The van der Waals surface area contributed by atoms with Gasteiger partial charge >= 0.3 is 6.03 Å². The van der Waals surface area contributed by atoms with E-state index in [1.807, 2.05) is 30.3 Å². The number of aromatic amines is 1. The third kappa shape index (κ3) is 5.28. The Morgan fingerprint density at radius 2 is 1.45 bits per heavy atom. The predicted molar refractivity (Wildman–Crippen MR) is 149 cm³/mol. The lowest BCUT2D eigenvalue weighted by molar-refractivity contribution is 0.171. The number of urea groups is 1. The van der Waals surface area contributed by atoms with Gasteiger partial charge in [0.05, 0.1) is 11.4 Å². The van der Waals surface area contributed by atoms with Crippen LogP contribution < -0.4 is 25.0 Å². The Labute approximate surface area is 221 Å². The van der Waals surface area contributed by atoms with Crippen LogP contribution in [0.3, 0.4) is 0 Å². The molecule has 1 aromatic heterocycles. The highest BCUT2D eigenvalue weighted by molar-refractivity contribution is 6.00. The van der Waals surface area contributed by atoms with E-state index >= 15 is 0 Å². The molecule has 38 heavy (non-hydrogen) atoms. The molecule has 1 fully saturated rings. The van der Waals surface area contributed by atoms with Crippen LogP contribution in [0.15, 0.2) is 72.8 Å². The minimum atomic E-state index is -0.337. The second-order valence-corrected chi connectivity index (χ2v) is 9.52. The molecule has 9 heteroatoms. The molecule has 0 atom stereocenters. The lowest BCUT2D eigenvalue weighted by Crippen LogP contribution is -2.44. The first kappa shape index (κ1) is 23.9. The molecule has 6 rings (SSSR count). The zero-order valence-electron chi connectivity index (χ0n) is 21.2. The van der Waals surface area contributed by atoms with Crippen molar-refractivity contribution < 1.29 is 14.3 Å². The molecule has 0 saturated carbocycles. The molecule has 194 valence electrons. The molecule has 2 amide bonds. The van der Waals surface area contributed by atoms with E-state index < -0.39 is 0 Å². The normalized spacial score (nSPS) is 15.2. The summed E-state index contributed by atoms with van der Waals surface area (Å²) in [5.41, 5.74) is 6.42. The second-order valence-electron chi connectivity index (χ2n) is 9.52. The van der Waals surface area contributed by atoms with Crippen molar-refractivity contribution in [3.05, 3.63) is 72.8 Å². The first-order valence-corrected chi connectivity index (χ1v) is 12.8. The average Bonchev–Trinajstić information content (AvgIpc) is 3.44. The third-order valence-electron chi connectivity index (χ3n) is 6.86. The highest BCUT2D eigenvalue weighted by Gasteiger charge is 2.15. The lowest BCUT2D eigenvalue weighted by atomic mass is 10.1. The van der Waals surface area contributed by atoms with Crippen molar-refractivity contribution in [3.63, 3.8) is 0 Å². The molecule has 0 spiro atoms. The summed E-state index contributed by atoms with van der Waals surface area (Å²) in [5.74, 6) is 1.31. The number of hydrogen-bond donors (Lipinski definition) is 3. The van der Waals surface area contributed by atoms with Gasteiger partial charge in [-0.2, -0.15) is 5.10 Å². The number of rotatable bonds is 5. The van der Waals surface area contributed by atoms with Gasteiger partial charge in [0, 0.05) is 54.9 Å². The lowest BCUT2D eigenvalue weighted by Gasteiger charge is -2.34. The van der Waals surface area contributed by atoms with Crippen molar-refractivity contribution in [1.82, 2.24) is 15.1 Å². The smallest absolute Gasteiger partial charge is 0.323 e. The van der Waals surface area contributed by atoms with Gasteiger partial charge in [-0.25, -0.2) is 4.79 Å². The first-order chi connectivity index (χ1) is 18.6. The Morgan fingerprint density at radius 3 is 2.21 bits per heavy atom. The molecule has 4 aromatic rings. The molecule has 1 saturated heterocycles. The molecular weight excluding hydrogens is 480 g/mol. The van der Waals surface area contributed by atoms with E-state index in [0.29, 0.717) is 36.1 Å². The first-order valence-electron chi connectivity index (χ1n) is 12.8. The van der Waals surface area contributed by atoms with Crippen molar-refractivity contribution in [3.8, 4) is 34.0 Å². The van der Waals surface area contributed by atoms with Gasteiger partial charge in [-0.3, -0.25) is 5.10 Å². The summed E-state index contributed by atoms with van der Waals surface area (Å²) in [6.45, 7) is 5.30. The summed E-state index contributed by atoms with van der Waals surface area (Å²) in [7, 11) is 2.17.